The van der Waals surface area contributed by atoms with Crippen LogP contribution < -0.4 is 33.8 Å². The first-order valence-corrected chi connectivity index (χ1v) is 19.1. The Morgan fingerprint density at radius 3 is 1.47 bits per heavy atom. The van der Waals surface area contributed by atoms with Crippen molar-refractivity contribution in [1.29, 1.82) is 0 Å². The first kappa shape index (κ1) is 39.6. The molecule has 0 aliphatic carbocycles. The SMILES string of the molecule is O=C1c2c(O)cc(O)cc2OC2(c3ccc4c(c3)OC3(O)C(=O)c5c(O)cc(O)cc5OC3(c3ccc(O)c(O)c3)O4)Oc3ccc(-c4oc5cc(O)cc(O)c5c(=O)c4O)cc3OC12O. The van der Waals surface area contributed by atoms with Gasteiger partial charge in [0.05, 0.1) is 0 Å². The van der Waals surface area contributed by atoms with Gasteiger partial charge < -0.3 is 89.0 Å². The number of phenolic OH excluding ortho intramolecular Hbond substituents is 8. The Balaban J connectivity index is 1.08. The fourth-order valence-electron chi connectivity index (χ4n) is 8.43. The molecule has 4 aliphatic heterocycles. The molecule has 0 amide bonds. The quantitative estimate of drug-likeness (QED) is 0.112. The molecule has 7 aromatic rings. The van der Waals surface area contributed by atoms with Gasteiger partial charge in [0.25, 0.3) is 11.6 Å². The number of ketones is 2. The summed E-state index contributed by atoms with van der Waals surface area (Å²) in [4.78, 5) is 42.2. The van der Waals surface area contributed by atoms with Crippen molar-refractivity contribution < 1.29 is 98.6 Å². The molecule has 6 aromatic carbocycles. The van der Waals surface area contributed by atoms with Crippen LogP contribution in [0.15, 0.2) is 100 Å². The van der Waals surface area contributed by atoms with E-state index in [0.29, 0.717) is 0 Å². The summed E-state index contributed by atoms with van der Waals surface area (Å²) in [6.45, 7) is 0. The number of phenols is 8. The maximum atomic E-state index is 14.6. The predicted molar refractivity (Wildman–Crippen MR) is 214 cm³/mol. The highest BCUT2D eigenvalue weighted by Crippen LogP contribution is 2.59. The van der Waals surface area contributed by atoms with Crippen molar-refractivity contribution >= 4 is 22.5 Å². The second-order valence-corrected chi connectivity index (χ2v) is 15.4. The molecular formula is C45H26O21. The topological polar surface area (TPSA) is 342 Å². The third-order valence-corrected chi connectivity index (χ3v) is 11.4. The highest BCUT2D eigenvalue weighted by Gasteiger charge is 2.73. The second-order valence-electron chi connectivity index (χ2n) is 15.4. The van der Waals surface area contributed by atoms with Crippen LogP contribution in [0.4, 0.5) is 0 Å². The van der Waals surface area contributed by atoms with E-state index in [0.717, 1.165) is 78.9 Å². The molecule has 4 unspecified atom stereocenters. The Bertz CT molecular complexity index is 3450. The number of rotatable bonds is 3. The molecule has 1 aromatic heterocycles. The molecule has 21 heteroatoms. The zero-order valence-corrected chi connectivity index (χ0v) is 32.7. The lowest BCUT2D eigenvalue weighted by molar-refractivity contribution is -0.319. The molecule has 0 fully saturated rings. The number of fused-ring (bicyclic) bond motifs is 7. The largest absolute Gasteiger partial charge is 0.508 e. The minimum atomic E-state index is -3.39. The summed E-state index contributed by atoms with van der Waals surface area (Å²) < 4.78 is 42.6. The standard InChI is InChI=1S/C45H26O21/c46-19-10-24(51)34-31(13-19)60-39(38(55)37(34)54)16-1-5-27-29(7-16)61-43(59)41(57)36-26(53)12-21(48)15-33(36)66-45(43,63-27)18-3-6-28-30(9-18)62-42(58)40(56)35-25(52)11-20(47)14-32(35)65-44(42,64-28)17-2-4-22(49)23(50)8-17/h1-15,46-53,55,58-59H. The first-order valence-electron chi connectivity index (χ1n) is 19.1. The van der Waals surface area contributed by atoms with Crippen LogP contribution in [0.5, 0.6) is 86.2 Å². The number of benzene rings is 6. The van der Waals surface area contributed by atoms with E-state index in [2.05, 4.69) is 0 Å². The van der Waals surface area contributed by atoms with Gasteiger partial charge >= 0.3 is 23.1 Å². The average Bonchev–Trinajstić information content (AvgIpc) is 3.24. The van der Waals surface area contributed by atoms with E-state index < -0.39 is 143 Å². The number of hydrogen-bond acceptors (Lipinski definition) is 21. The van der Waals surface area contributed by atoms with E-state index in [1.165, 1.54) is 12.1 Å². The van der Waals surface area contributed by atoms with Crippen LogP contribution in [0, 0.1) is 0 Å². The van der Waals surface area contributed by atoms with Gasteiger partial charge in [0, 0.05) is 53.1 Å². The number of ether oxygens (including phenoxy) is 6. The normalized spacial score (nSPS) is 23.1. The summed E-state index contributed by atoms with van der Waals surface area (Å²) in [5.41, 5.74) is -3.69. The van der Waals surface area contributed by atoms with E-state index in [9.17, 15) is 70.6 Å². The van der Waals surface area contributed by atoms with Crippen molar-refractivity contribution in [2.24, 2.45) is 0 Å². The Hall–Kier alpha value is -9.21. The number of hydrogen-bond donors (Lipinski definition) is 11. The molecule has 332 valence electrons. The fourth-order valence-corrected chi connectivity index (χ4v) is 8.43. The lowest BCUT2D eigenvalue weighted by Gasteiger charge is -2.51. The van der Waals surface area contributed by atoms with Crippen molar-refractivity contribution in [3.05, 3.63) is 123 Å². The van der Waals surface area contributed by atoms with Gasteiger partial charge in [-0.05, 0) is 54.6 Å². The number of Topliss-reactive ketones (excluding diaryl/α,β-unsaturated/α-hetero) is 2. The van der Waals surface area contributed by atoms with E-state index in [4.69, 9.17) is 32.8 Å². The van der Waals surface area contributed by atoms with E-state index in [1.54, 1.807) is 0 Å². The minimum Gasteiger partial charge on any atom is -0.508 e. The predicted octanol–water partition coefficient (Wildman–Crippen LogP) is 3.99. The molecule has 11 rings (SSSR count). The molecular weight excluding hydrogens is 876 g/mol. The van der Waals surface area contributed by atoms with Crippen LogP contribution in [0.3, 0.4) is 0 Å². The molecule has 0 spiro atoms. The molecule has 0 saturated carbocycles. The highest BCUT2D eigenvalue weighted by molar-refractivity contribution is 6.09. The Morgan fingerprint density at radius 1 is 0.409 bits per heavy atom. The summed E-state index contributed by atoms with van der Waals surface area (Å²) in [7, 11) is 0. The molecule has 66 heavy (non-hydrogen) atoms. The number of carbonyl (C=O) groups excluding carboxylic acids is 2. The van der Waals surface area contributed by atoms with Crippen molar-refractivity contribution in [2.75, 3.05) is 0 Å². The van der Waals surface area contributed by atoms with Crippen LogP contribution >= 0.6 is 0 Å². The highest BCUT2D eigenvalue weighted by atomic mass is 16.8. The third kappa shape index (κ3) is 5.02. The van der Waals surface area contributed by atoms with Crippen molar-refractivity contribution in [3.63, 3.8) is 0 Å². The van der Waals surface area contributed by atoms with E-state index >= 15 is 0 Å². The van der Waals surface area contributed by atoms with Gasteiger partial charge in [0.2, 0.25) is 11.2 Å². The number of aliphatic hydroxyl groups is 2. The summed E-state index contributed by atoms with van der Waals surface area (Å²) in [5, 5.41) is 119. The maximum absolute atomic E-state index is 14.6. The van der Waals surface area contributed by atoms with Crippen molar-refractivity contribution in [2.45, 2.75) is 23.1 Å². The van der Waals surface area contributed by atoms with Crippen LogP contribution in [0.1, 0.15) is 31.8 Å². The Labute approximate surface area is 364 Å². The molecule has 4 aliphatic rings. The van der Waals surface area contributed by atoms with Crippen molar-refractivity contribution in [1.82, 2.24) is 0 Å². The lowest BCUT2D eigenvalue weighted by atomic mass is 9.84. The fraction of sp³-hybridized carbons (Fsp3) is 0.0889. The molecule has 0 bridgehead atoms. The number of carbonyl (C=O) groups is 2. The smallest absolute Gasteiger partial charge is 0.357 e. The summed E-state index contributed by atoms with van der Waals surface area (Å²) >= 11 is 0. The van der Waals surface area contributed by atoms with Crippen LogP contribution in [-0.2, 0) is 11.6 Å². The third-order valence-electron chi connectivity index (χ3n) is 11.4. The van der Waals surface area contributed by atoms with Gasteiger partial charge in [0.1, 0.15) is 68.1 Å². The number of aromatic hydroxyl groups is 9. The molecule has 0 saturated heterocycles. The van der Waals surface area contributed by atoms with Gasteiger partial charge in [0.15, 0.2) is 40.3 Å². The summed E-state index contributed by atoms with van der Waals surface area (Å²) in [6, 6.07) is 15.0. The van der Waals surface area contributed by atoms with Gasteiger partial charge in [-0.15, -0.1) is 0 Å². The van der Waals surface area contributed by atoms with Crippen LogP contribution in [-0.4, -0.2) is 79.3 Å². The van der Waals surface area contributed by atoms with Gasteiger partial charge in [-0.25, -0.2) is 0 Å². The van der Waals surface area contributed by atoms with Crippen LogP contribution in [0.2, 0.25) is 0 Å². The maximum Gasteiger partial charge on any atom is 0.357 e. The second kappa shape index (κ2) is 12.7. The molecule has 21 nitrogen and oxygen atoms in total. The van der Waals surface area contributed by atoms with Gasteiger partial charge in [-0.3, -0.25) is 14.4 Å². The van der Waals surface area contributed by atoms with Gasteiger partial charge in [-0.2, -0.15) is 0 Å². The monoisotopic (exact) mass is 902 g/mol. The zero-order valence-electron chi connectivity index (χ0n) is 32.7. The van der Waals surface area contributed by atoms with Gasteiger partial charge in [-0.1, -0.05) is 0 Å². The van der Waals surface area contributed by atoms with Crippen molar-refractivity contribution in [3.8, 4) is 97.6 Å². The molecule has 0 radical (unpaired) electrons. The molecule has 5 heterocycles. The van der Waals surface area contributed by atoms with Crippen LogP contribution in [0.25, 0.3) is 22.3 Å². The lowest BCUT2D eigenvalue weighted by Crippen LogP contribution is -2.71. The Kier molecular flexibility index (Phi) is 7.63. The molecule has 4 atom stereocenters. The minimum absolute atomic E-state index is 0.134. The zero-order chi connectivity index (χ0) is 46.6. The summed E-state index contributed by atoms with van der Waals surface area (Å²) in [6.07, 6.45) is 0. The van der Waals surface area contributed by atoms with E-state index in [1.807, 2.05) is 0 Å². The molecule has 11 N–H and O–H groups in total. The summed E-state index contributed by atoms with van der Waals surface area (Å²) in [5.74, 6) is -25.0. The Morgan fingerprint density at radius 2 is 0.894 bits per heavy atom. The van der Waals surface area contributed by atoms with E-state index in [-0.39, 0.29) is 28.2 Å². The average molecular weight is 903 g/mol. The first-order chi connectivity index (χ1) is 31.3.